The van der Waals surface area contributed by atoms with Crippen LogP contribution in [0.5, 0.6) is 0 Å². The summed E-state index contributed by atoms with van der Waals surface area (Å²) in [6.07, 6.45) is 3.64. The van der Waals surface area contributed by atoms with Crippen LogP contribution >= 0.6 is 0 Å². The van der Waals surface area contributed by atoms with Gasteiger partial charge in [0.05, 0.1) is 6.10 Å². The largest absolute Gasteiger partial charge is 0.389 e. The first-order chi connectivity index (χ1) is 6.88. The van der Waals surface area contributed by atoms with E-state index in [9.17, 15) is 5.11 Å². The quantitative estimate of drug-likeness (QED) is 0.575. The van der Waals surface area contributed by atoms with E-state index in [2.05, 4.69) is 26.6 Å². The summed E-state index contributed by atoms with van der Waals surface area (Å²) in [7, 11) is -1.07. The molecule has 1 N–H and O–H groups in total. The molecule has 86 valence electrons. The Balaban J connectivity index is 2.22. The van der Waals surface area contributed by atoms with Crippen molar-refractivity contribution in [3.05, 3.63) is 11.1 Å². The zero-order valence-corrected chi connectivity index (χ0v) is 11.5. The second-order valence-electron chi connectivity index (χ2n) is 6.64. The lowest BCUT2D eigenvalue weighted by atomic mass is 9.99. The molecule has 1 fully saturated rings. The lowest BCUT2D eigenvalue weighted by Gasteiger charge is -2.20. The van der Waals surface area contributed by atoms with Gasteiger partial charge in [-0.25, -0.2) is 0 Å². The summed E-state index contributed by atoms with van der Waals surface area (Å²) in [5, 5.41) is 10.1. The fraction of sp³-hybridized carbons (Fsp3) is 0.846. The molecule has 0 aromatic rings. The van der Waals surface area contributed by atoms with Crippen LogP contribution in [-0.2, 0) is 0 Å². The SMILES string of the molecule is C[C@@H]1C[C@H](O)C(C[Si](C)(C)C)=C1C1CC1. The summed E-state index contributed by atoms with van der Waals surface area (Å²) in [4.78, 5) is 0. The fourth-order valence-corrected chi connectivity index (χ4v) is 4.55. The molecule has 0 bridgehead atoms. The Morgan fingerprint density at radius 3 is 2.33 bits per heavy atom. The monoisotopic (exact) mass is 224 g/mol. The number of hydrogen-bond donors (Lipinski definition) is 1. The molecule has 15 heavy (non-hydrogen) atoms. The Morgan fingerprint density at radius 2 is 1.87 bits per heavy atom. The van der Waals surface area contributed by atoms with Crippen LogP contribution < -0.4 is 0 Å². The van der Waals surface area contributed by atoms with E-state index in [1.54, 1.807) is 5.57 Å². The molecule has 0 aromatic carbocycles. The maximum absolute atomic E-state index is 10.1. The maximum atomic E-state index is 10.1. The van der Waals surface area contributed by atoms with Gasteiger partial charge in [0, 0.05) is 8.07 Å². The second kappa shape index (κ2) is 3.74. The molecule has 0 unspecified atom stereocenters. The topological polar surface area (TPSA) is 20.2 Å². The van der Waals surface area contributed by atoms with E-state index in [-0.39, 0.29) is 6.10 Å². The van der Waals surface area contributed by atoms with Crippen molar-refractivity contribution in [1.29, 1.82) is 0 Å². The first-order valence-corrected chi connectivity index (χ1v) is 10.00. The Hall–Kier alpha value is -0.0831. The molecule has 0 heterocycles. The van der Waals surface area contributed by atoms with Crippen LogP contribution in [-0.4, -0.2) is 19.3 Å². The van der Waals surface area contributed by atoms with Gasteiger partial charge in [-0.2, -0.15) is 0 Å². The smallest absolute Gasteiger partial charge is 0.0755 e. The molecular weight excluding hydrogens is 200 g/mol. The van der Waals surface area contributed by atoms with Gasteiger partial charge >= 0.3 is 0 Å². The van der Waals surface area contributed by atoms with Crippen LogP contribution in [0.15, 0.2) is 11.1 Å². The third-order valence-electron chi connectivity index (χ3n) is 3.62. The van der Waals surface area contributed by atoms with Crippen LogP contribution in [0, 0.1) is 11.8 Å². The summed E-state index contributed by atoms with van der Waals surface area (Å²) >= 11 is 0. The van der Waals surface area contributed by atoms with Crippen LogP contribution in [0.4, 0.5) is 0 Å². The van der Waals surface area contributed by atoms with Crippen LogP contribution in [0.1, 0.15) is 26.2 Å². The van der Waals surface area contributed by atoms with E-state index in [0.29, 0.717) is 5.92 Å². The molecule has 2 aliphatic rings. The predicted molar refractivity (Wildman–Crippen MR) is 67.7 cm³/mol. The standard InChI is InChI=1S/C13H24OSi/c1-9-7-12(14)11(8-15(2,3)4)13(9)10-5-6-10/h9-10,12,14H,5-8H2,1-4H3/t9-,12+/m1/s1. The minimum absolute atomic E-state index is 0.109. The summed E-state index contributed by atoms with van der Waals surface area (Å²) in [5.74, 6) is 1.50. The normalized spacial score (nSPS) is 32.6. The highest BCUT2D eigenvalue weighted by molar-refractivity contribution is 6.76. The minimum Gasteiger partial charge on any atom is -0.389 e. The Morgan fingerprint density at radius 1 is 1.27 bits per heavy atom. The van der Waals surface area contributed by atoms with Crippen molar-refractivity contribution in [1.82, 2.24) is 0 Å². The molecule has 2 atom stereocenters. The number of hydrogen-bond acceptors (Lipinski definition) is 1. The second-order valence-corrected chi connectivity index (χ2v) is 12.1. The summed E-state index contributed by atoms with van der Waals surface area (Å²) in [6, 6.07) is 1.21. The highest BCUT2D eigenvalue weighted by Crippen LogP contribution is 2.49. The van der Waals surface area contributed by atoms with E-state index in [4.69, 9.17) is 0 Å². The third-order valence-corrected chi connectivity index (χ3v) is 5.06. The number of aliphatic hydroxyl groups is 1. The molecule has 0 radical (unpaired) electrons. The molecule has 0 saturated heterocycles. The zero-order valence-electron chi connectivity index (χ0n) is 10.5. The number of aliphatic hydroxyl groups excluding tert-OH is 1. The van der Waals surface area contributed by atoms with Crippen molar-refractivity contribution in [3.63, 3.8) is 0 Å². The van der Waals surface area contributed by atoms with E-state index < -0.39 is 8.07 Å². The Labute approximate surface area is 94.6 Å². The maximum Gasteiger partial charge on any atom is 0.0755 e. The highest BCUT2D eigenvalue weighted by Gasteiger charge is 2.39. The molecule has 0 spiro atoms. The van der Waals surface area contributed by atoms with Crippen molar-refractivity contribution in [2.75, 3.05) is 0 Å². The van der Waals surface area contributed by atoms with Crippen LogP contribution in [0.25, 0.3) is 0 Å². The molecule has 0 aromatic heterocycles. The molecule has 2 rings (SSSR count). The van der Waals surface area contributed by atoms with E-state index in [1.807, 2.05) is 0 Å². The van der Waals surface area contributed by atoms with Crippen molar-refractivity contribution in [2.24, 2.45) is 11.8 Å². The molecule has 2 aliphatic carbocycles. The van der Waals surface area contributed by atoms with Gasteiger partial charge in [-0.1, -0.05) is 32.1 Å². The van der Waals surface area contributed by atoms with Crippen molar-refractivity contribution in [3.8, 4) is 0 Å². The van der Waals surface area contributed by atoms with Crippen molar-refractivity contribution in [2.45, 2.75) is 58.0 Å². The summed E-state index contributed by atoms with van der Waals surface area (Å²) in [6.45, 7) is 9.51. The van der Waals surface area contributed by atoms with Gasteiger partial charge in [-0.15, -0.1) is 0 Å². The highest BCUT2D eigenvalue weighted by atomic mass is 28.3. The minimum atomic E-state index is -1.07. The van der Waals surface area contributed by atoms with Gasteiger partial charge in [0.2, 0.25) is 0 Å². The van der Waals surface area contributed by atoms with Gasteiger partial charge in [0.25, 0.3) is 0 Å². The van der Waals surface area contributed by atoms with Crippen LogP contribution in [0.3, 0.4) is 0 Å². The summed E-state index contributed by atoms with van der Waals surface area (Å²) < 4.78 is 0. The molecule has 2 heteroatoms. The van der Waals surface area contributed by atoms with Crippen LogP contribution in [0.2, 0.25) is 25.7 Å². The lowest BCUT2D eigenvalue weighted by molar-refractivity contribution is 0.202. The van der Waals surface area contributed by atoms with Gasteiger partial charge in [-0.05, 0) is 42.7 Å². The molecule has 1 nitrogen and oxygen atoms in total. The third kappa shape index (κ3) is 2.54. The number of rotatable bonds is 3. The van der Waals surface area contributed by atoms with Gasteiger partial charge in [0.15, 0.2) is 0 Å². The average molecular weight is 224 g/mol. The van der Waals surface area contributed by atoms with Gasteiger partial charge in [-0.3, -0.25) is 0 Å². The Kier molecular flexibility index (Phi) is 2.84. The van der Waals surface area contributed by atoms with E-state index >= 15 is 0 Å². The first-order valence-electron chi connectivity index (χ1n) is 6.29. The average Bonchev–Trinajstić information content (AvgIpc) is 2.80. The Bertz CT molecular complexity index is 283. The molecule has 1 saturated carbocycles. The predicted octanol–water partition coefficient (Wildman–Crippen LogP) is 3.43. The lowest BCUT2D eigenvalue weighted by Crippen LogP contribution is -2.23. The van der Waals surface area contributed by atoms with Crippen molar-refractivity contribution >= 4 is 8.07 Å². The zero-order chi connectivity index (χ0) is 11.2. The molecular formula is C13H24OSi. The van der Waals surface area contributed by atoms with Gasteiger partial charge < -0.3 is 5.11 Å². The van der Waals surface area contributed by atoms with Crippen molar-refractivity contribution < 1.29 is 5.11 Å². The van der Waals surface area contributed by atoms with E-state index in [0.717, 1.165) is 12.3 Å². The molecule has 0 aliphatic heterocycles. The number of allylic oxidation sites excluding steroid dienone is 1. The van der Waals surface area contributed by atoms with E-state index in [1.165, 1.54) is 24.5 Å². The fourth-order valence-electron chi connectivity index (χ4n) is 2.96. The first kappa shape index (κ1) is 11.4. The molecule has 0 amide bonds. The van der Waals surface area contributed by atoms with Gasteiger partial charge in [0.1, 0.15) is 0 Å². The summed E-state index contributed by atoms with van der Waals surface area (Å²) in [5.41, 5.74) is 3.11.